The van der Waals surface area contributed by atoms with E-state index in [0.29, 0.717) is 29.7 Å². The largest absolute Gasteiger partial charge is 0.329 e. The number of rotatable bonds is 1. The summed E-state index contributed by atoms with van der Waals surface area (Å²) in [7, 11) is 0. The highest BCUT2D eigenvalue weighted by atomic mass is 35.5. The number of nitrogens with one attached hydrogen (secondary N) is 1. The van der Waals surface area contributed by atoms with E-state index in [1.54, 1.807) is 0 Å². The molecule has 4 fully saturated rings. The number of halogens is 1. The van der Waals surface area contributed by atoms with Crippen LogP contribution in [-0.4, -0.2) is 22.8 Å². The van der Waals surface area contributed by atoms with Gasteiger partial charge in [0.15, 0.2) is 0 Å². The predicted molar refractivity (Wildman–Crippen MR) is 85.5 cm³/mol. The number of hydrogen-bond acceptors (Lipinski definition) is 2. The number of carbonyl (C=O) groups is 2. The molecule has 0 unspecified atom stereocenters. The van der Waals surface area contributed by atoms with Crippen LogP contribution in [0.4, 0.5) is 0 Å². The minimum Gasteiger partial charge on any atom is -0.329 e. The van der Waals surface area contributed by atoms with Gasteiger partial charge in [-0.3, -0.25) is 9.59 Å². The smallest absolute Gasteiger partial charge is 0.227 e. The Kier molecular flexibility index (Phi) is 2.71. The van der Waals surface area contributed by atoms with Crippen LogP contribution in [0.3, 0.4) is 0 Å². The molecule has 2 aliphatic heterocycles. The molecular formula is C18H19ClN2O2. The Bertz CT molecular complexity index is 703. The van der Waals surface area contributed by atoms with E-state index >= 15 is 0 Å². The number of hydrogen-bond donors (Lipinski definition) is 1. The Morgan fingerprint density at radius 1 is 1.13 bits per heavy atom. The highest BCUT2D eigenvalue weighted by Crippen LogP contribution is 2.56. The third kappa shape index (κ3) is 1.68. The van der Waals surface area contributed by atoms with Crippen LogP contribution in [0.25, 0.3) is 0 Å². The zero-order valence-corrected chi connectivity index (χ0v) is 13.6. The molecule has 5 atom stereocenters. The fraction of sp³-hybridized carbons (Fsp3) is 0.556. The van der Waals surface area contributed by atoms with Crippen LogP contribution in [0, 0.1) is 17.8 Å². The lowest BCUT2D eigenvalue weighted by atomic mass is 9.78. The number of benzene rings is 1. The molecule has 4 nitrogen and oxygen atoms in total. The van der Waals surface area contributed by atoms with Crippen molar-refractivity contribution in [1.82, 2.24) is 10.2 Å². The van der Waals surface area contributed by atoms with Crippen molar-refractivity contribution in [2.24, 2.45) is 17.8 Å². The van der Waals surface area contributed by atoms with Crippen LogP contribution in [0.5, 0.6) is 0 Å². The molecule has 23 heavy (non-hydrogen) atoms. The van der Waals surface area contributed by atoms with Crippen molar-refractivity contribution in [3.63, 3.8) is 0 Å². The Balaban J connectivity index is 1.65. The molecule has 2 saturated heterocycles. The summed E-state index contributed by atoms with van der Waals surface area (Å²) < 4.78 is 0. The highest BCUT2D eigenvalue weighted by molar-refractivity contribution is 6.30. The normalized spacial score (nSPS) is 41.0. The topological polar surface area (TPSA) is 49.4 Å². The van der Waals surface area contributed by atoms with Crippen molar-refractivity contribution in [1.29, 1.82) is 0 Å². The molecule has 1 aromatic rings. The molecule has 120 valence electrons. The van der Waals surface area contributed by atoms with Gasteiger partial charge in [-0.05, 0) is 48.8 Å². The molecule has 2 saturated carbocycles. The summed E-state index contributed by atoms with van der Waals surface area (Å²) in [5.74, 6) is 1.27. The maximum absolute atomic E-state index is 12.9. The van der Waals surface area contributed by atoms with Crippen molar-refractivity contribution in [2.75, 3.05) is 0 Å². The van der Waals surface area contributed by atoms with E-state index in [1.165, 1.54) is 0 Å². The number of amides is 2. The number of nitrogens with zero attached hydrogens (tertiary/aromatic N) is 1. The second kappa shape index (κ2) is 4.50. The van der Waals surface area contributed by atoms with E-state index in [0.717, 1.165) is 24.8 Å². The molecule has 0 radical (unpaired) electrons. The van der Waals surface area contributed by atoms with Crippen LogP contribution in [0.2, 0.25) is 5.02 Å². The van der Waals surface area contributed by atoms with E-state index < -0.39 is 5.66 Å². The molecule has 0 aromatic heterocycles. The number of carbonyl (C=O) groups excluding carboxylic acids is 2. The van der Waals surface area contributed by atoms with Crippen LogP contribution in [0.15, 0.2) is 24.3 Å². The van der Waals surface area contributed by atoms with E-state index in [1.807, 2.05) is 29.2 Å². The quantitative estimate of drug-likeness (QED) is 0.860. The predicted octanol–water partition coefficient (Wildman–Crippen LogP) is 2.66. The maximum atomic E-state index is 12.9. The Morgan fingerprint density at radius 3 is 2.65 bits per heavy atom. The van der Waals surface area contributed by atoms with Crippen molar-refractivity contribution in [3.8, 4) is 0 Å². The third-order valence-corrected chi connectivity index (χ3v) is 6.76. The van der Waals surface area contributed by atoms with Gasteiger partial charge in [0.2, 0.25) is 11.8 Å². The second-order valence-corrected chi connectivity index (χ2v) is 7.91. The zero-order valence-electron chi connectivity index (χ0n) is 12.8. The first-order chi connectivity index (χ1) is 11.1. The standard InChI is InChI=1S/C18H19ClN2O2/c19-13-5-3-12(4-6-13)18-8-7-14(22)21(18)16-11-2-1-10(9-11)15(16)17(23)20-18/h3-6,10-11,15-16H,1-2,7-9H2,(H,20,23)/t10-,11+,15+,16-,18-/m0/s1. The van der Waals surface area contributed by atoms with Gasteiger partial charge in [0.05, 0.1) is 5.92 Å². The van der Waals surface area contributed by atoms with Crippen LogP contribution < -0.4 is 5.32 Å². The van der Waals surface area contributed by atoms with Gasteiger partial charge in [0, 0.05) is 23.9 Å². The summed E-state index contributed by atoms with van der Waals surface area (Å²) in [5.41, 5.74) is 0.312. The third-order valence-electron chi connectivity index (χ3n) is 6.51. The monoisotopic (exact) mass is 330 g/mol. The molecule has 5 rings (SSSR count). The van der Waals surface area contributed by atoms with E-state index in [4.69, 9.17) is 11.6 Å². The Morgan fingerprint density at radius 2 is 1.87 bits per heavy atom. The molecule has 2 heterocycles. The number of fused-ring (bicyclic) bond motifs is 7. The lowest BCUT2D eigenvalue weighted by Crippen LogP contribution is -2.68. The fourth-order valence-electron chi connectivity index (χ4n) is 5.66. The lowest BCUT2D eigenvalue weighted by molar-refractivity contribution is -0.155. The SMILES string of the molecule is O=C1N[C@@]2(c3ccc(Cl)cc3)CCC(=O)N2[C@H]2[C@@H]3CC[C@@H](C3)[C@@H]12. The summed E-state index contributed by atoms with van der Waals surface area (Å²) in [4.78, 5) is 27.6. The highest BCUT2D eigenvalue weighted by Gasteiger charge is 2.64. The van der Waals surface area contributed by atoms with Gasteiger partial charge in [-0.15, -0.1) is 0 Å². The molecule has 4 aliphatic rings. The summed E-state index contributed by atoms with van der Waals surface area (Å²) >= 11 is 6.02. The average molecular weight is 331 g/mol. The molecular weight excluding hydrogens is 312 g/mol. The molecule has 5 heteroatoms. The van der Waals surface area contributed by atoms with E-state index in [2.05, 4.69) is 5.32 Å². The zero-order chi connectivity index (χ0) is 15.8. The first kappa shape index (κ1) is 13.8. The van der Waals surface area contributed by atoms with Crippen molar-refractivity contribution < 1.29 is 9.59 Å². The van der Waals surface area contributed by atoms with Gasteiger partial charge in [-0.1, -0.05) is 23.7 Å². The molecule has 2 amide bonds. The second-order valence-electron chi connectivity index (χ2n) is 7.47. The van der Waals surface area contributed by atoms with Gasteiger partial charge in [0.1, 0.15) is 5.66 Å². The van der Waals surface area contributed by atoms with Gasteiger partial charge >= 0.3 is 0 Å². The van der Waals surface area contributed by atoms with E-state index in [-0.39, 0.29) is 23.8 Å². The van der Waals surface area contributed by atoms with Crippen molar-refractivity contribution in [2.45, 2.75) is 43.8 Å². The van der Waals surface area contributed by atoms with Crippen LogP contribution in [0.1, 0.15) is 37.7 Å². The molecule has 1 N–H and O–H groups in total. The van der Waals surface area contributed by atoms with Gasteiger partial charge < -0.3 is 10.2 Å². The maximum Gasteiger partial charge on any atom is 0.227 e. The molecule has 2 bridgehead atoms. The Labute approximate surface area is 140 Å². The summed E-state index contributed by atoms with van der Waals surface area (Å²) in [6.07, 6.45) is 4.54. The molecule has 2 aliphatic carbocycles. The summed E-state index contributed by atoms with van der Waals surface area (Å²) in [5, 5.41) is 3.90. The molecule has 0 spiro atoms. The van der Waals surface area contributed by atoms with Gasteiger partial charge in [-0.2, -0.15) is 0 Å². The van der Waals surface area contributed by atoms with Crippen molar-refractivity contribution >= 4 is 23.4 Å². The van der Waals surface area contributed by atoms with Crippen LogP contribution >= 0.6 is 11.6 Å². The molecule has 1 aromatic carbocycles. The first-order valence-corrected chi connectivity index (χ1v) is 8.88. The minimum atomic E-state index is -0.662. The average Bonchev–Trinajstić information content (AvgIpc) is 3.22. The minimum absolute atomic E-state index is 0.00350. The van der Waals surface area contributed by atoms with Crippen molar-refractivity contribution in [3.05, 3.63) is 34.9 Å². The fourth-order valence-corrected chi connectivity index (χ4v) is 5.78. The van der Waals surface area contributed by atoms with Crippen LogP contribution in [-0.2, 0) is 15.3 Å². The lowest BCUT2D eigenvalue weighted by Gasteiger charge is -2.52. The van der Waals surface area contributed by atoms with E-state index in [9.17, 15) is 9.59 Å². The summed E-state index contributed by atoms with van der Waals surface area (Å²) in [6.45, 7) is 0. The first-order valence-electron chi connectivity index (χ1n) is 8.50. The van der Waals surface area contributed by atoms with Gasteiger partial charge in [0.25, 0.3) is 0 Å². The summed E-state index contributed by atoms with van der Waals surface area (Å²) in [6, 6.07) is 7.66. The Hall–Kier alpha value is -1.55. The van der Waals surface area contributed by atoms with Gasteiger partial charge in [-0.25, -0.2) is 0 Å².